The van der Waals surface area contributed by atoms with Gasteiger partial charge in [0.05, 0.1) is 5.69 Å². The van der Waals surface area contributed by atoms with Crippen molar-refractivity contribution >= 4 is 40.5 Å². The Kier molecular flexibility index (Phi) is 5.13. The molecule has 0 unspecified atom stereocenters. The number of hydrogen-bond donors (Lipinski definition) is 2. The lowest BCUT2D eigenvalue weighted by Gasteiger charge is -2.34. The molecule has 2 aromatic carbocycles. The van der Waals surface area contributed by atoms with Crippen molar-refractivity contribution < 1.29 is 14.3 Å². The number of nitrogens with zero attached hydrogens (tertiary/aromatic N) is 1. The number of rotatable bonds is 3. The van der Waals surface area contributed by atoms with Crippen molar-refractivity contribution in [2.24, 2.45) is 5.92 Å². The lowest BCUT2D eigenvalue weighted by molar-refractivity contribution is -0.120. The average Bonchev–Trinajstić information content (AvgIpc) is 2.70. The Bertz CT molecular complexity index is 923. The van der Waals surface area contributed by atoms with Crippen LogP contribution in [0.15, 0.2) is 36.4 Å². The standard InChI is InChI=1S/C21H22ClN3O3/c1-13-16(22)3-2-4-18(13)25-9-7-14(8-10-25)21(27)23-15-5-6-19-17(11-15)24-20(26)12-28-19/h2-6,11,14H,7-10,12H2,1H3,(H,23,27)(H,24,26). The van der Waals surface area contributed by atoms with Crippen LogP contribution >= 0.6 is 11.6 Å². The minimum Gasteiger partial charge on any atom is -0.482 e. The number of amides is 2. The summed E-state index contributed by atoms with van der Waals surface area (Å²) in [4.78, 5) is 26.4. The summed E-state index contributed by atoms with van der Waals surface area (Å²) in [6, 6.07) is 11.2. The Labute approximate surface area is 168 Å². The van der Waals surface area contributed by atoms with Gasteiger partial charge < -0.3 is 20.3 Å². The van der Waals surface area contributed by atoms with Gasteiger partial charge in [-0.15, -0.1) is 0 Å². The molecule has 2 aromatic rings. The van der Waals surface area contributed by atoms with E-state index in [1.54, 1.807) is 18.2 Å². The van der Waals surface area contributed by atoms with Gasteiger partial charge in [-0.1, -0.05) is 17.7 Å². The van der Waals surface area contributed by atoms with E-state index in [1.807, 2.05) is 19.1 Å². The van der Waals surface area contributed by atoms with Gasteiger partial charge >= 0.3 is 0 Å². The summed E-state index contributed by atoms with van der Waals surface area (Å²) in [6.07, 6.45) is 1.56. The number of carbonyl (C=O) groups excluding carboxylic acids is 2. The zero-order valence-corrected chi connectivity index (χ0v) is 16.4. The monoisotopic (exact) mass is 399 g/mol. The first kappa shape index (κ1) is 18.6. The Balaban J connectivity index is 1.37. The largest absolute Gasteiger partial charge is 0.482 e. The first-order valence-corrected chi connectivity index (χ1v) is 9.76. The van der Waals surface area contributed by atoms with Crippen LogP contribution in [0.3, 0.4) is 0 Å². The maximum atomic E-state index is 12.7. The van der Waals surface area contributed by atoms with Gasteiger partial charge in [0, 0.05) is 35.4 Å². The molecule has 0 saturated carbocycles. The predicted octanol–water partition coefficient (Wildman–Crippen LogP) is 3.83. The zero-order chi connectivity index (χ0) is 19.7. The molecule has 0 spiro atoms. The Morgan fingerprint density at radius 2 is 2.04 bits per heavy atom. The van der Waals surface area contributed by atoms with E-state index in [-0.39, 0.29) is 24.3 Å². The van der Waals surface area contributed by atoms with E-state index >= 15 is 0 Å². The number of nitrogens with one attached hydrogen (secondary N) is 2. The molecule has 0 aliphatic carbocycles. The highest BCUT2D eigenvalue weighted by atomic mass is 35.5. The molecule has 2 N–H and O–H groups in total. The molecule has 0 radical (unpaired) electrons. The number of benzene rings is 2. The van der Waals surface area contributed by atoms with E-state index in [1.165, 1.54) is 0 Å². The summed E-state index contributed by atoms with van der Waals surface area (Å²) in [5, 5.41) is 6.49. The van der Waals surface area contributed by atoms with Crippen molar-refractivity contribution in [2.75, 3.05) is 35.2 Å². The third-order valence-corrected chi connectivity index (χ3v) is 5.73. The highest BCUT2D eigenvalue weighted by Gasteiger charge is 2.26. The van der Waals surface area contributed by atoms with Crippen LogP contribution in [0.2, 0.25) is 5.02 Å². The molecule has 2 aliphatic heterocycles. The second-order valence-corrected chi connectivity index (χ2v) is 7.59. The van der Waals surface area contributed by atoms with Crippen LogP contribution in [0.25, 0.3) is 0 Å². The van der Waals surface area contributed by atoms with Crippen LogP contribution in [0.5, 0.6) is 5.75 Å². The summed E-state index contributed by atoms with van der Waals surface area (Å²) in [6.45, 7) is 3.67. The van der Waals surface area contributed by atoms with E-state index in [0.29, 0.717) is 17.1 Å². The number of carbonyl (C=O) groups is 2. The lowest BCUT2D eigenvalue weighted by Crippen LogP contribution is -2.38. The van der Waals surface area contributed by atoms with Crippen molar-refractivity contribution in [1.29, 1.82) is 0 Å². The van der Waals surface area contributed by atoms with Crippen molar-refractivity contribution in [3.8, 4) is 5.75 Å². The van der Waals surface area contributed by atoms with E-state index in [2.05, 4.69) is 21.6 Å². The molecule has 2 amide bonds. The van der Waals surface area contributed by atoms with Gasteiger partial charge in [0.1, 0.15) is 5.75 Å². The lowest BCUT2D eigenvalue weighted by atomic mass is 9.95. The summed E-state index contributed by atoms with van der Waals surface area (Å²) in [5.74, 6) is 0.380. The first-order valence-electron chi connectivity index (χ1n) is 9.39. The molecule has 28 heavy (non-hydrogen) atoms. The molecule has 4 rings (SSSR count). The van der Waals surface area contributed by atoms with Crippen molar-refractivity contribution in [3.63, 3.8) is 0 Å². The Morgan fingerprint density at radius 1 is 1.25 bits per heavy atom. The normalized spacial score (nSPS) is 16.8. The fourth-order valence-electron chi connectivity index (χ4n) is 3.73. The minimum absolute atomic E-state index is 0.00507. The molecular formula is C21H22ClN3O3. The maximum absolute atomic E-state index is 12.7. The number of hydrogen-bond acceptors (Lipinski definition) is 4. The van der Waals surface area contributed by atoms with Crippen molar-refractivity contribution in [2.45, 2.75) is 19.8 Å². The van der Waals surface area contributed by atoms with Crippen LogP contribution in [-0.4, -0.2) is 31.5 Å². The number of piperidine rings is 1. The van der Waals surface area contributed by atoms with Gasteiger partial charge in [0.2, 0.25) is 5.91 Å². The Hall–Kier alpha value is -2.73. The van der Waals surface area contributed by atoms with Crippen molar-refractivity contribution in [3.05, 3.63) is 47.0 Å². The van der Waals surface area contributed by atoms with Crippen LogP contribution in [-0.2, 0) is 9.59 Å². The molecule has 0 bridgehead atoms. The van der Waals surface area contributed by atoms with Crippen molar-refractivity contribution in [1.82, 2.24) is 0 Å². The summed E-state index contributed by atoms with van der Waals surface area (Å²) >= 11 is 6.24. The van der Waals surface area contributed by atoms with Crippen LogP contribution in [0.4, 0.5) is 17.1 Å². The fraction of sp³-hybridized carbons (Fsp3) is 0.333. The molecule has 0 aromatic heterocycles. The summed E-state index contributed by atoms with van der Waals surface area (Å²) < 4.78 is 5.34. The number of halogens is 1. The maximum Gasteiger partial charge on any atom is 0.262 e. The average molecular weight is 400 g/mol. The summed E-state index contributed by atoms with van der Waals surface area (Å²) in [7, 11) is 0. The second kappa shape index (κ2) is 7.72. The molecule has 146 valence electrons. The van der Waals surface area contributed by atoms with E-state index < -0.39 is 0 Å². The highest BCUT2D eigenvalue weighted by Crippen LogP contribution is 2.32. The van der Waals surface area contributed by atoms with Crippen LogP contribution < -0.4 is 20.3 Å². The number of fused-ring (bicyclic) bond motifs is 1. The van der Waals surface area contributed by atoms with E-state index in [9.17, 15) is 9.59 Å². The zero-order valence-electron chi connectivity index (χ0n) is 15.6. The molecule has 7 heteroatoms. The third kappa shape index (κ3) is 3.78. The van der Waals surface area contributed by atoms with Gasteiger partial charge in [-0.05, 0) is 55.7 Å². The quantitative estimate of drug-likeness (QED) is 0.822. The number of ether oxygens (including phenoxy) is 1. The van der Waals surface area contributed by atoms with Crippen LogP contribution in [0.1, 0.15) is 18.4 Å². The fourth-order valence-corrected chi connectivity index (χ4v) is 3.90. The molecule has 1 fully saturated rings. The molecular weight excluding hydrogens is 378 g/mol. The van der Waals surface area contributed by atoms with Crippen LogP contribution in [0, 0.1) is 12.8 Å². The minimum atomic E-state index is -0.195. The molecule has 0 atom stereocenters. The summed E-state index contributed by atoms with van der Waals surface area (Å²) in [5.41, 5.74) is 3.45. The first-order chi connectivity index (χ1) is 13.5. The third-order valence-electron chi connectivity index (χ3n) is 5.33. The smallest absolute Gasteiger partial charge is 0.262 e. The van der Waals surface area contributed by atoms with Gasteiger partial charge in [0.15, 0.2) is 6.61 Å². The SMILES string of the molecule is Cc1c(Cl)cccc1N1CCC(C(=O)Nc2ccc3c(c2)NC(=O)CO3)CC1. The van der Waals surface area contributed by atoms with Gasteiger partial charge in [-0.25, -0.2) is 0 Å². The van der Waals surface area contributed by atoms with Gasteiger partial charge in [0.25, 0.3) is 5.91 Å². The molecule has 2 aliphatic rings. The molecule has 2 heterocycles. The Morgan fingerprint density at radius 3 is 2.82 bits per heavy atom. The van der Waals surface area contributed by atoms with E-state index in [4.69, 9.17) is 16.3 Å². The van der Waals surface area contributed by atoms with E-state index in [0.717, 1.165) is 42.2 Å². The topological polar surface area (TPSA) is 70.7 Å². The highest BCUT2D eigenvalue weighted by molar-refractivity contribution is 6.31. The second-order valence-electron chi connectivity index (χ2n) is 7.18. The molecule has 6 nitrogen and oxygen atoms in total. The molecule has 1 saturated heterocycles. The number of anilines is 3. The van der Waals surface area contributed by atoms with Gasteiger partial charge in [-0.3, -0.25) is 9.59 Å². The van der Waals surface area contributed by atoms with Gasteiger partial charge in [-0.2, -0.15) is 0 Å². The predicted molar refractivity (Wildman–Crippen MR) is 110 cm³/mol.